The molecule has 0 atom stereocenters. The number of nitrogens with zero attached hydrogens (tertiary/aromatic N) is 3. The Morgan fingerprint density at radius 1 is 1.39 bits per heavy atom. The Labute approximate surface area is 107 Å². The molecule has 1 aliphatic rings. The molecular formula is C14H19N3O. The predicted molar refractivity (Wildman–Crippen MR) is 71.0 cm³/mol. The molecule has 4 heteroatoms. The van der Waals surface area contributed by atoms with E-state index in [9.17, 15) is 0 Å². The molecule has 1 aliphatic heterocycles. The molecule has 0 unspecified atom stereocenters. The molecule has 18 heavy (non-hydrogen) atoms. The van der Waals surface area contributed by atoms with Crippen molar-refractivity contribution < 1.29 is 4.74 Å². The van der Waals surface area contributed by atoms with Crippen LogP contribution in [0, 0.1) is 0 Å². The van der Waals surface area contributed by atoms with Gasteiger partial charge in [0.25, 0.3) is 0 Å². The highest BCUT2D eigenvalue weighted by Crippen LogP contribution is 2.26. The topological polar surface area (TPSA) is 29.8 Å². The van der Waals surface area contributed by atoms with E-state index in [2.05, 4.69) is 29.3 Å². The zero-order valence-corrected chi connectivity index (χ0v) is 11.2. The van der Waals surface area contributed by atoms with E-state index in [0.717, 1.165) is 30.9 Å². The second-order valence-electron chi connectivity index (χ2n) is 5.09. The summed E-state index contributed by atoms with van der Waals surface area (Å²) in [7, 11) is 1.70. The first-order chi connectivity index (χ1) is 8.70. The van der Waals surface area contributed by atoms with Crippen LogP contribution < -0.4 is 4.74 Å². The van der Waals surface area contributed by atoms with Crippen LogP contribution in [-0.2, 0) is 13.0 Å². The minimum absolute atomic E-state index is 0.578. The Hall–Kier alpha value is -1.55. The molecule has 3 heterocycles. The van der Waals surface area contributed by atoms with Gasteiger partial charge in [0.2, 0.25) is 0 Å². The average molecular weight is 245 g/mol. The molecule has 2 aromatic heterocycles. The van der Waals surface area contributed by atoms with E-state index in [1.54, 1.807) is 7.11 Å². The molecule has 0 saturated carbocycles. The van der Waals surface area contributed by atoms with Crippen molar-refractivity contribution in [3.05, 3.63) is 29.7 Å². The number of aromatic nitrogens is 2. The van der Waals surface area contributed by atoms with Crippen LogP contribution in [0.15, 0.2) is 18.3 Å². The summed E-state index contributed by atoms with van der Waals surface area (Å²) < 4.78 is 7.55. The summed E-state index contributed by atoms with van der Waals surface area (Å²) in [5, 5.41) is 0. The van der Waals surface area contributed by atoms with Gasteiger partial charge in [-0.15, -0.1) is 0 Å². The van der Waals surface area contributed by atoms with Gasteiger partial charge in [0.15, 0.2) is 11.4 Å². The zero-order valence-electron chi connectivity index (χ0n) is 11.2. The average Bonchev–Trinajstić information content (AvgIpc) is 2.76. The third-order valence-electron chi connectivity index (χ3n) is 3.73. The summed E-state index contributed by atoms with van der Waals surface area (Å²) in [5.41, 5.74) is 3.47. The summed E-state index contributed by atoms with van der Waals surface area (Å²) in [6.45, 7) is 6.56. The monoisotopic (exact) mass is 245 g/mol. The van der Waals surface area contributed by atoms with E-state index >= 15 is 0 Å². The second kappa shape index (κ2) is 4.28. The zero-order chi connectivity index (χ0) is 12.7. The van der Waals surface area contributed by atoms with Gasteiger partial charge in [0.05, 0.1) is 18.5 Å². The normalized spacial score (nSPS) is 16.2. The minimum Gasteiger partial charge on any atom is -0.493 e. The Kier molecular flexibility index (Phi) is 2.74. The van der Waals surface area contributed by atoms with Crippen LogP contribution in [0.5, 0.6) is 5.75 Å². The van der Waals surface area contributed by atoms with Crippen LogP contribution in [0.25, 0.3) is 5.65 Å². The number of hydrogen-bond donors (Lipinski definition) is 0. The fourth-order valence-corrected chi connectivity index (χ4v) is 2.63. The first kappa shape index (κ1) is 11.5. The number of rotatable bonds is 2. The summed E-state index contributed by atoms with van der Waals surface area (Å²) in [4.78, 5) is 7.21. The summed E-state index contributed by atoms with van der Waals surface area (Å²) in [6.07, 6.45) is 3.10. The lowest BCUT2D eigenvalue weighted by atomic mass is 10.1. The Morgan fingerprint density at radius 2 is 2.22 bits per heavy atom. The van der Waals surface area contributed by atoms with Crippen LogP contribution >= 0.6 is 0 Å². The highest BCUT2D eigenvalue weighted by Gasteiger charge is 2.23. The molecule has 0 bridgehead atoms. The molecular weight excluding hydrogens is 226 g/mol. The van der Waals surface area contributed by atoms with Crippen LogP contribution in [0.3, 0.4) is 0 Å². The van der Waals surface area contributed by atoms with Gasteiger partial charge in [0, 0.05) is 31.7 Å². The van der Waals surface area contributed by atoms with Crippen molar-refractivity contribution in [2.75, 3.05) is 13.7 Å². The third-order valence-corrected chi connectivity index (χ3v) is 3.73. The molecule has 0 aliphatic carbocycles. The van der Waals surface area contributed by atoms with E-state index < -0.39 is 0 Å². The van der Waals surface area contributed by atoms with Crippen LogP contribution in [0.4, 0.5) is 0 Å². The minimum atomic E-state index is 0.578. The maximum Gasteiger partial charge on any atom is 0.180 e. The lowest BCUT2D eigenvalue weighted by Crippen LogP contribution is -2.36. The van der Waals surface area contributed by atoms with E-state index in [1.165, 1.54) is 11.4 Å². The Morgan fingerprint density at radius 3 is 2.94 bits per heavy atom. The second-order valence-corrected chi connectivity index (χ2v) is 5.09. The van der Waals surface area contributed by atoms with E-state index in [0.29, 0.717) is 6.04 Å². The molecule has 0 saturated heterocycles. The largest absolute Gasteiger partial charge is 0.493 e. The number of methoxy groups -OCH3 is 1. The lowest BCUT2D eigenvalue weighted by molar-refractivity contribution is 0.199. The van der Waals surface area contributed by atoms with Crippen LogP contribution in [0.2, 0.25) is 0 Å². The smallest absolute Gasteiger partial charge is 0.180 e. The van der Waals surface area contributed by atoms with Crippen molar-refractivity contribution in [2.45, 2.75) is 32.9 Å². The van der Waals surface area contributed by atoms with Gasteiger partial charge in [-0.2, -0.15) is 0 Å². The van der Waals surface area contributed by atoms with Gasteiger partial charge in [-0.1, -0.05) is 0 Å². The maximum absolute atomic E-state index is 5.38. The number of fused-ring (bicyclic) bond motifs is 3. The predicted octanol–water partition coefficient (Wildman–Crippen LogP) is 2.11. The molecule has 0 aromatic carbocycles. The van der Waals surface area contributed by atoms with Gasteiger partial charge in [-0.3, -0.25) is 9.30 Å². The highest BCUT2D eigenvalue weighted by molar-refractivity contribution is 5.56. The van der Waals surface area contributed by atoms with Crippen molar-refractivity contribution in [1.82, 2.24) is 14.3 Å². The van der Waals surface area contributed by atoms with Crippen molar-refractivity contribution in [2.24, 2.45) is 0 Å². The van der Waals surface area contributed by atoms with E-state index in [-0.39, 0.29) is 0 Å². The van der Waals surface area contributed by atoms with Gasteiger partial charge < -0.3 is 4.74 Å². The molecule has 4 nitrogen and oxygen atoms in total. The van der Waals surface area contributed by atoms with Crippen LogP contribution in [0.1, 0.15) is 25.2 Å². The summed E-state index contributed by atoms with van der Waals surface area (Å²) in [5.74, 6) is 0.850. The van der Waals surface area contributed by atoms with E-state index in [4.69, 9.17) is 9.72 Å². The Balaban J connectivity index is 2.11. The van der Waals surface area contributed by atoms with E-state index in [1.807, 2.05) is 12.1 Å². The van der Waals surface area contributed by atoms with Gasteiger partial charge in [-0.25, -0.2) is 4.98 Å². The third kappa shape index (κ3) is 1.68. The number of ether oxygens (including phenoxy) is 1. The summed E-state index contributed by atoms with van der Waals surface area (Å²) in [6, 6.07) is 4.56. The number of imidazole rings is 1. The quantitative estimate of drug-likeness (QED) is 0.811. The van der Waals surface area contributed by atoms with Crippen molar-refractivity contribution >= 4 is 5.65 Å². The fraction of sp³-hybridized carbons (Fsp3) is 0.500. The maximum atomic E-state index is 5.38. The lowest BCUT2D eigenvalue weighted by Gasteiger charge is -2.29. The molecule has 0 spiro atoms. The van der Waals surface area contributed by atoms with Gasteiger partial charge in [0.1, 0.15) is 0 Å². The molecule has 96 valence electrons. The van der Waals surface area contributed by atoms with Crippen LogP contribution in [-0.4, -0.2) is 34.0 Å². The fourth-order valence-electron chi connectivity index (χ4n) is 2.63. The van der Waals surface area contributed by atoms with Crippen molar-refractivity contribution in [3.63, 3.8) is 0 Å². The van der Waals surface area contributed by atoms with Crippen molar-refractivity contribution in [1.29, 1.82) is 0 Å². The SMILES string of the molecule is COc1cccn2c3c(nc12)CCN(C(C)C)C3. The molecule has 3 rings (SSSR count). The molecule has 2 aromatic rings. The summed E-state index contributed by atoms with van der Waals surface area (Å²) >= 11 is 0. The Bertz CT molecular complexity index is 574. The molecule has 0 amide bonds. The first-order valence-electron chi connectivity index (χ1n) is 6.47. The van der Waals surface area contributed by atoms with Crippen molar-refractivity contribution in [3.8, 4) is 5.75 Å². The highest BCUT2D eigenvalue weighted by atomic mass is 16.5. The standard InChI is InChI=1S/C14H19N3O/c1-10(2)16-8-6-11-12(9-16)17-7-4-5-13(18-3)14(17)15-11/h4-5,7,10H,6,8-9H2,1-3H3. The molecule has 0 N–H and O–H groups in total. The number of hydrogen-bond acceptors (Lipinski definition) is 3. The number of pyridine rings is 1. The van der Waals surface area contributed by atoms with Gasteiger partial charge in [-0.05, 0) is 26.0 Å². The van der Waals surface area contributed by atoms with Gasteiger partial charge >= 0.3 is 0 Å². The first-order valence-corrected chi connectivity index (χ1v) is 6.47. The molecule has 0 fully saturated rings. The molecule has 0 radical (unpaired) electrons.